The first-order chi connectivity index (χ1) is 5.86. The summed E-state index contributed by atoms with van der Waals surface area (Å²) in [5.41, 5.74) is 0. The fourth-order valence-electron chi connectivity index (χ4n) is 1.90. The largest absolute Gasteiger partial charge is 0.314 e. The van der Waals surface area contributed by atoms with E-state index in [0.717, 1.165) is 26.1 Å². The fourth-order valence-corrected chi connectivity index (χ4v) is 1.90. The van der Waals surface area contributed by atoms with E-state index in [2.05, 4.69) is 10.2 Å². The van der Waals surface area contributed by atoms with Crippen molar-refractivity contribution >= 4 is 0 Å². The van der Waals surface area contributed by atoms with Crippen LogP contribution in [0, 0.1) is 0 Å². The van der Waals surface area contributed by atoms with Gasteiger partial charge in [-0.05, 0) is 6.42 Å². The Bertz CT molecular complexity index is 116. The van der Waals surface area contributed by atoms with Crippen LogP contribution < -0.4 is 5.32 Å². The molecule has 2 nitrogen and oxygen atoms in total. The Hall–Kier alpha value is -0.150. The molecule has 0 aromatic rings. The number of nitrogens with zero attached hydrogens (tertiary/aromatic N) is 1. The van der Waals surface area contributed by atoms with Crippen LogP contribution in [0.2, 0.25) is 0 Å². The van der Waals surface area contributed by atoms with Crippen LogP contribution in [0.5, 0.6) is 0 Å². The second-order valence-electron chi connectivity index (χ2n) is 3.19. The molecule has 12 heavy (non-hydrogen) atoms. The molecule has 2 saturated heterocycles. The van der Waals surface area contributed by atoms with Gasteiger partial charge in [0.1, 0.15) is 6.17 Å². The van der Waals surface area contributed by atoms with Gasteiger partial charge in [0.2, 0.25) is 0 Å². The Morgan fingerprint density at radius 1 is 1.42 bits per heavy atom. The predicted octanol–water partition coefficient (Wildman–Crippen LogP) is 1.03. The van der Waals surface area contributed by atoms with Crippen LogP contribution in [0.4, 0.5) is 4.39 Å². The molecule has 1 N–H and O–H groups in total. The van der Waals surface area contributed by atoms with E-state index < -0.39 is 6.17 Å². The molecule has 0 bridgehead atoms. The monoisotopic (exact) mass is 174 g/mol. The topological polar surface area (TPSA) is 15.3 Å². The lowest BCUT2D eigenvalue weighted by molar-refractivity contribution is 0.207. The third-order valence-corrected chi connectivity index (χ3v) is 2.43. The Morgan fingerprint density at radius 3 is 2.83 bits per heavy atom. The summed E-state index contributed by atoms with van der Waals surface area (Å²) in [5.74, 6) is 0. The van der Waals surface area contributed by atoms with Crippen LogP contribution in [0.1, 0.15) is 20.3 Å². The number of fused-ring (bicyclic) bond motifs is 1. The second kappa shape index (κ2) is 4.77. The lowest BCUT2D eigenvalue weighted by atomic mass is 10.2. The lowest BCUT2D eigenvalue weighted by Crippen LogP contribution is -2.47. The standard InChI is InChI=1S/C7H13FN2.C2H6/c8-6-3-7-4-9-1-2-10(7)5-6;1-2/h6-7,9H,1-5H2;1-2H3. The van der Waals surface area contributed by atoms with Gasteiger partial charge in [-0.25, -0.2) is 4.39 Å². The number of alkyl halides is 1. The van der Waals surface area contributed by atoms with Gasteiger partial charge in [-0.15, -0.1) is 0 Å². The van der Waals surface area contributed by atoms with E-state index in [1.807, 2.05) is 13.8 Å². The molecular formula is C9H19FN2. The van der Waals surface area contributed by atoms with Crippen molar-refractivity contribution in [1.29, 1.82) is 0 Å². The average molecular weight is 174 g/mol. The van der Waals surface area contributed by atoms with Gasteiger partial charge in [-0.3, -0.25) is 4.90 Å². The highest BCUT2D eigenvalue weighted by molar-refractivity contribution is 4.89. The van der Waals surface area contributed by atoms with E-state index in [4.69, 9.17) is 0 Å². The van der Waals surface area contributed by atoms with E-state index in [0.29, 0.717) is 12.6 Å². The van der Waals surface area contributed by atoms with Gasteiger partial charge in [-0.1, -0.05) is 13.8 Å². The number of nitrogens with one attached hydrogen (secondary N) is 1. The maximum absolute atomic E-state index is 12.8. The quantitative estimate of drug-likeness (QED) is 0.590. The smallest absolute Gasteiger partial charge is 0.114 e. The molecule has 72 valence electrons. The van der Waals surface area contributed by atoms with Gasteiger partial charge in [-0.2, -0.15) is 0 Å². The molecule has 2 unspecified atom stereocenters. The molecular weight excluding hydrogens is 155 g/mol. The summed E-state index contributed by atoms with van der Waals surface area (Å²) in [6.07, 6.45) is 0.178. The Morgan fingerprint density at radius 2 is 2.17 bits per heavy atom. The number of hydrogen-bond donors (Lipinski definition) is 1. The van der Waals surface area contributed by atoms with Crippen LogP contribution in [-0.2, 0) is 0 Å². The maximum atomic E-state index is 12.8. The van der Waals surface area contributed by atoms with Gasteiger partial charge >= 0.3 is 0 Å². The Balaban J connectivity index is 0.000000336. The summed E-state index contributed by atoms with van der Waals surface area (Å²) in [4.78, 5) is 2.25. The molecule has 0 saturated carbocycles. The van der Waals surface area contributed by atoms with Gasteiger partial charge in [0.25, 0.3) is 0 Å². The van der Waals surface area contributed by atoms with Crippen LogP contribution in [0.25, 0.3) is 0 Å². The molecule has 0 aliphatic carbocycles. The van der Waals surface area contributed by atoms with E-state index in [9.17, 15) is 4.39 Å². The maximum Gasteiger partial charge on any atom is 0.114 e. The molecule has 2 aliphatic heterocycles. The van der Waals surface area contributed by atoms with Crippen molar-refractivity contribution in [2.45, 2.75) is 32.5 Å². The zero-order valence-corrected chi connectivity index (χ0v) is 8.02. The summed E-state index contributed by atoms with van der Waals surface area (Å²) in [6, 6.07) is 0.490. The van der Waals surface area contributed by atoms with Gasteiger partial charge < -0.3 is 5.32 Å². The molecule has 2 fully saturated rings. The van der Waals surface area contributed by atoms with Crippen molar-refractivity contribution in [2.75, 3.05) is 26.2 Å². The highest BCUT2D eigenvalue weighted by Crippen LogP contribution is 2.20. The summed E-state index contributed by atoms with van der Waals surface area (Å²) < 4.78 is 12.8. The summed E-state index contributed by atoms with van der Waals surface area (Å²) in [6.45, 7) is 7.72. The van der Waals surface area contributed by atoms with Crippen LogP contribution in [-0.4, -0.2) is 43.3 Å². The van der Waals surface area contributed by atoms with Crippen molar-refractivity contribution in [3.05, 3.63) is 0 Å². The minimum Gasteiger partial charge on any atom is -0.314 e. The molecule has 0 spiro atoms. The third-order valence-electron chi connectivity index (χ3n) is 2.43. The van der Waals surface area contributed by atoms with Crippen molar-refractivity contribution in [2.24, 2.45) is 0 Å². The molecule has 0 aromatic carbocycles. The first kappa shape index (κ1) is 9.93. The highest BCUT2D eigenvalue weighted by Gasteiger charge is 2.32. The van der Waals surface area contributed by atoms with E-state index >= 15 is 0 Å². The Labute approximate surface area is 74.1 Å². The van der Waals surface area contributed by atoms with Gasteiger partial charge in [0.15, 0.2) is 0 Å². The van der Waals surface area contributed by atoms with E-state index in [1.165, 1.54) is 0 Å². The molecule has 0 amide bonds. The lowest BCUT2D eigenvalue weighted by Gasteiger charge is -2.29. The number of piperazine rings is 1. The SMILES string of the molecule is CC.FC1CC2CNCCN2C1. The fraction of sp³-hybridized carbons (Fsp3) is 1.00. The molecule has 3 heteroatoms. The van der Waals surface area contributed by atoms with Gasteiger partial charge in [0, 0.05) is 32.2 Å². The molecule has 2 aliphatic rings. The van der Waals surface area contributed by atoms with E-state index in [1.54, 1.807) is 0 Å². The minimum atomic E-state index is -0.565. The van der Waals surface area contributed by atoms with Crippen molar-refractivity contribution in [3.63, 3.8) is 0 Å². The Kier molecular flexibility index (Phi) is 3.95. The molecule has 2 atom stereocenters. The minimum absolute atomic E-state index is 0.490. The van der Waals surface area contributed by atoms with Crippen molar-refractivity contribution < 1.29 is 4.39 Å². The normalized spacial score (nSPS) is 35.2. The van der Waals surface area contributed by atoms with Gasteiger partial charge in [0.05, 0.1) is 0 Å². The molecule has 0 radical (unpaired) electrons. The zero-order valence-electron chi connectivity index (χ0n) is 8.02. The molecule has 0 aromatic heterocycles. The number of halogens is 1. The van der Waals surface area contributed by atoms with Crippen molar-refractivity contribution in [1.82, 2.24) is 10.2 Å². The number of hydrogen-bond acceptors (Lipinski definition) is 2. The summed E-state index contributed by atoms with van der Waals surface area (Å²) in [5, 5.41) is 3.27. The summed E-state index contributed by atoms with van der Waals surface area (Å²) >= 11 is 0. The zero-order chi connectivity index (χ0) is 8.97. The predicted molar refractivity (Wildman–Crippen MR) is 49.1 cm³/mol. The molecule has 2 rings (SSSR count). The van der Waals surface area contributed by atoms with Crippen LogP contribution >= 0.6 is 0 Å². The average Bonchev–Trinajstić information content (AvgIpc) is 2.48. The van der Waals surface area contributed by atoms with E-state index in [-0.39, 0.29) is 0 Å². The first-order valence-corrected chi connectivity index (χ1v) is 4.95. The van der Waals surface area contributed by atoms with Crippen molar-refractivity contribution in [3.8, 4) is 0 Å². The van der Waals surface area contributed by atoms with Crippen LogP contribution in [0.3, 0.4) is 0 Å². The van der Waals surface area contributed by atoms with Crippen LogP contribution in [0.15, 0.2) is 0 Å². The first-order valence-electron chi connectivity index (χ1n) is 4.95. The molecule has 2 heterocycles. The third kappa shape index (κ3) is 2.17. The highest BCUT2D eigenvalue weighted by atomic mass is 19.1. The number of rotatable bonds is 0. The summed E-state index contributed by atoms with van der Waals surface area (Å²) in [7, 11) is 0. The second-order valence-corrected chi connectivity index (χ2v) is 3.19.